The molecule has 0 amide bonds. The summed E-state index contributed by atoms with van der Waals surface area (Å²) in [6.45, 7) is 0.561. The van der Waals surface area contributed by atoms with E-state index in [9.17, 15) is 0 Å². The Morgan fingerprint density at radius 3 is 3.06 bits per heavy atom. The zero-order valence-corrected chi connectivity index (χ0v) is 8.92. The van der Waals surface area contributed by atoms with Crippen molar-refractivity contribution in [2.45, 2.75) is 6.42 Å². The van der Waals surface area contributed by atoms with Crippen molar-refractivity contribution in [3.63, 3.8) is 0 Å². The smallest absolute Gasteiger partial charge is 0.213 e. The molecule has 2 aromatic rings. The van der Waals surface area contributed by atoms with Crippen LogP contribution in [0.15, 0.2) is 23.2 Å². The van der Waals surface area contributed by atoms with E-state index in [-0.39, 0.29) is 0 Å². The predicted octanol–water partition coefficient (Wildman–Crippen LogP) is 0.573. The molecule has 3 N–H and O–H groups in total. The molecule has 0 aliphatic heterocycles. The summed E-state index contributed by atoms with van der Waals surface area (Å²) in [5.74, 6) is 1.11. The highest BCUT2D eigenvalue weighted by molar-refractivity contribution is 5.57. The van der Waals surface area contributed by atoms with Crippen molar-refractivity contribution in [2.24, 2.45) is 0 Å². The van der Waals surface area contributed by atoms with E-state index in [0.717, 1.165) is 0 Å². The van der Waals surface area contributed by atoms with Gasteiger partial charge in [-0.3, -0.25) is 0 Å². The molecule has 2 rings (SSSR count). The molecule has 86 valence electrons. The number of hydrogen-bond acceptors (Lipinski definition) is 7. The maximum Gasteiger partial charge on any atom is 0.213 e. The number of rotatable bonds is 4. The molecule has 0 aliphatic carbocycles. The molecule has 0 saturated carbocycles. The monoisotopic (exact) mass is 230 g/mol. The highest BCUT2D eigenvalue weighted by Crippen LogP contribution is 2.13. The van der Waals surface area contributed by atoms with E-state index >= 15 is 0 Å². The van der Waals surface area contributed by atoms with Gasteiger partial charge in [0.2, 0.25) is 6.39 Å². The Morgan fingerprint density at radius 1 is 1.47 bits per heavy atom. The van der Waals surface area contributed by atoms with E-state index in [1.807, 2.05) is 6.07 Å². The first kappa shape index (κ1) is 10.9. The van der Waals surface area contributed by atoms with Crippen LogP contribution in [0.1, 0.15) is 11.4 Å². The van der Waals surface area contributed by atoms with E-state index in [2.05, 4.69) is 25.0 Å². The molecular formula is C10H10N6O. The van der Waals surface area contributed by atoms with Crippen LogP contribution in [0.4, 0.5) is 11.5 Å². The third-order valence-electron chi connectivity index (χ3n) is 2.08. The molecular weight excluding hydrogens is 220 g/mol. The van der Waals surface area contributed by atoms with Gasteiger partial charge in [0.15, 0.2) is 5.82 Å². The van der Waals surface area contributed by atoms with Crippen LogP contribution in [-0.2, 0) is 6.42 Å². The van der Waals surface area contributed by atoms with Gasteiger partial charge in [0.25, 0.3) is 0 Å². The van der Waals surface area contributed by atoms with Crippen LogP contribution in [0.5, 0.6) is 0 Å². The van der Waals surface area contributed by atoms with E-state index in [1.165, 1.54) is 12.6 Å². The molecule has 0 spiro atoms. The van der Waals surface area contributed by atoms with Gasteiger partial charge < -0.3 is 15.6 Å². The van der Waals surface area contributed by atoms with Crippen molar-refractivity contribution in [3.05, 3.63) is 30.0 Å². The largest absolute Gasteiger partial charge is 0.397 e. The quantitative estimate of drug-likeness (QED) is 0.789. The lowest BCUT2D eigenvalue weighted by atomic mass is 10.2. The average molecular weight is 230 g/mol. The second-order valence-corrected chi connectivity index (χ2v) is 3.30. The molecule has 17 heavy (non-hydrogen) atoms. The van der Waals surface area contributed by atoms with Gasteiger partial charge in [-0.1, -0.05) is 5.16 Å². The average Bonchev–Trinajstić information content (AvgIpc) is 2.84. The molecule has 0 fully saturated rings. The van der Waals surface area contributed by atoms with Crippen LogP contribution < -0.4 is 11.1 Å². The fourth-order valence-corrected chi connectivity index (χ4v) is 1.30. The molecule has 7 heteroatoms. The van der Waals surface area contributed by atoms with Gasteiger partial charge in [-0.15, -0.1) is 0 Å². The van der Waals surface area contributed by atoms with Crippen LogP contribution >= 0.6 is 0 Å². The van der Waals surface area contributed by atoms with Crippen molar-refractivity contribution in [1.29, 1.82) is 5.26 Å². The molecule has 7 nitrogen and oxygen atoms in total. The fraction of sp³-hybridized carbons (Fsp3) is 0.200. The first-order valence-electron chi connectivity index (χ1n) is 4.94. The summed E-state index contributed by atoms with van der Waals surface area (Å²) in [7, 11) is 0. The number of anilines is 2. The third-order valence-corrected chi connectivity index (χ3v) is 2.08. The molecule has 2 aromatic heterocycles. The molecule has 0 bridgehead atoms. The lowest BCUT2D eigenvalue weighted by molar-refractivity contribution is 0.410. The number of nitriles is 1. The number of pyridine rings is 1. The van der Waals surface area contributed by atoms with Gasteiger partial charge >= 0.3 is 0 Å². The molecule has 0 radical (unpaired) electrons. The van der Waals surface area contributed by atoms with Crippen LogP contribution in [0.2, 0.25) is 0 Å². The maximum absolute atomic E-state index is 8.90. The van der Waals surface area contributed by atoms with Crippen molar-refractivity contribution >= 4 is 11.5 Å². The second kappa shape index (κ2) is 4.94. The predicted molar refractivity (Wildman–Crippen MR) is 59.9 cm³/mol. The van der Waals surface area contributed by atoms with Gasteiger partial charge in [0.05, 0.1) is 17.4 Å². The third kappa shape index (κ3) is 2.69. The maximum atomic E-state index is 8.90. The Morgan fingerprint density at radius 2 is 2.35 bits per heavy atom. The SMILES string of the molecule is N#Cc1cc(N)cnc1NCCc1ncon1. The van der Waals surface area contributed by atoms with Gasteiger partial charge in [0, 0.05) is 13.0 Å². The van der Waals surface area contributed by atoms with Gasteiger partial charge in [-0.25, -0.2) is 4.98 Å². The summed E-state index contributed by atoms with van der Waals surface area (Å²) >= 11 is 0. The van der Waals surface area contributed by atoms with Crippen molar-refractivity contribution in [3.8, 4) is 6.07 Å². The van der Waals surface area contributed by atoms with E-state index in [4.69, 9.17) is 11.0 Å². The number of nitrogens with one attached hydrogen (secondary N) is 1. The minimum atomic E-state index is 0.415. The highest BCUT2D eigenvalue weighted by atomic mass is 16.5. The van der Waals surface area contributed by atoms with Gasteiger partial charge in [-0.2, -0.15) is 10.2 Å². The Labute approximate surface area is 97.3 Å². The topological polar surface area (TPSA) is 114 Å². The molecule has 0 unspecified atom stereocenters. The van der Waals surface area contributed by atoms with Gasteiger partial charge in [-0.05, 0) is 6.07 Å². The van der Waals surface area contributed by atoms with Crippen LogP contribution in [0.3, 0.4) is 0 Å². The summed E-state index contributed by atoms with van der Waals surface area (Å²) in [4.78, 5) is 7.93. The molecule has 0 saturated heterocycles. The Hall–Kier alpha value is -2.62. The number of nitrogen functional groups attached to an aromatic ring is 1. The zero-order valence-electron chi connectivity index (χ0n) is 8.92. The molecule has 2 heterocycles. The summed E-state index contributed by atoms with van der Waals surface area (Å²) in [5.41, 5.74) is 6.41. The van der Waals surface area contributed by atoms with Crippen LogP contribution in [0, 0.1) is 11.3 Å². The normalized spacial score (nSPS) is 9.82. The Bertz CT molecular complexity index is 530. The summed E-state index contributed by atoms with van der Waals surface area (Å²) in [6.07, 6.45) is 3.36. The Kier molecular flexibility index (Phi) is 3.16. The van der Waals surface area contributed by atoms with Gasteiger partial charge in [0.1, 0.15) is 11.9 Å². The van der Waals surface area contributed by atoms with E-state index in [1.54, 1.807) is 6.07 Å². The molecule has 0 aliphatic rings. The second-order valence-electron chi connectivity index (χ2n) is 3.30. The summed E-state index contributed by atoms with van der Waals surface area (Å²) in [5, 5.41) is 15.6. The highest BCUT2D eigenvalue weighted by Gasteiger charge is 2.04. The van der Waals surface area contributed by atoms with Crippen LogP contribution in [0.25, 0.3) is 0 Å². The number of hydrogen-bond donors (Lipinski definition) is 2. The lowest BCUT2D eigenvalue weighted by Gasteiger charge is -2.05. The summed E-state index contributed by atoms with van der Waals surface area (Å²) < 4.78 is 4.60. The van der Waals surface area contributed by atoms with Crippen molar-refractivity contribution < 1.29 is 4.52 Å². The number of nitrogens with two attached hydrogens (primary N) is 1. The van der Waals surface area contributed by atoms with Crippen LogP contribution in [-0.4, -0.2) is 21.7 Å². The Balaban J connectivity index is 1.97. The molecule has 0 atom stereocenters. The van der Waals surface area contributed by atoms with E-state index < -0.39 is 0 Å². The standard InChI is InChI=1S/C10H10N6O/c11-4-7-3-8(12)5-14-10(7)13-2-1-9-15-6-17-16-9/h3,5-6H,1-2,12H2,(H,13,14). The fourth-order valence-electron chi connectivity index (χ4n) is 1.30. The molecule has 0 aromatic carbocycles. The van der Waals surface area contributed by atoms with Crippen molar-refractivity contribution in [1.82, 2.24) is 15.1 Å². The van der Waals surface area contributed by atoms with E-state index in [0.29, 0.717) is 35.9 Å². The lowest BCUT2D eigenvalue weighted by Crippen LogP contribution is -2.09. The first-order chi connectivity index (χ1) is 8.29. The minimum absolute atomic E-state index is 0.415. The zero-order chi connectivity index (χ0) is 12.1. The minimum Gasteiger partial charge on any atom is -0.397 e. The van der Waals surface area contributed by atoms with Crippen molar-refractivity contribution in [2.75, 3.05) is 17.6 Å². The summed E-state index contributed by atoms with van der Waals surface area (Å²) in [6, 6.07) is 3.60. The first-order valence-corrected chi connectivity index (χ1v) is 4.94. The number of aromatic nitrogens is 3. The number of nitrogens with zero attached hydrogens (tertiary/aromatic N) is 4.